The highest BCUT2D eigenvalue weighted by molar-refractivity contribution is 7.53. The normalized spacial score (nSPS) is 41.8. The topological polar surface area (TPSA) is 80.1 Å². The average Bonchev–Trinajstić information content (AvgIpc) is 3.33. The summed E-state index contributed by atoms with van der Waals surface area (Å²) in [6, 6.07) is 0.270. The Morgan fingerprint density at radius 3 is 2.67 bits per heavy atom. The molecule has 0 aromatic rings. The molecule has 0 aliphatic carbocycles. The SMILES string of the molecule is [2H]C[C@H]1O[C@@H]([3H])C[C@@H]1O[P@]1(=O)CCC[C@H]([C@H]2O[C@@H]([3H])C[C@@H]2OP(OCC[N+]#[C-])N(C(C)C)C(C)C)O1. The van der Waals surface area contributed by atoms with Gasteiger partial charge in [0.15, 0.2) is 0 Å². The summed E-state index contributed by atoms with van der Waals surface area (Å²) in [6.07, 6.45) is -0.928. The molecule has 3 rings (SSSR count). The molecule has 9 atom stereocenters. The Bertz CT molecular complexity index is 785. The third-order valence-electron chi connectivity index (χ3n) is 5.72. The van der Waals surface area contributed by atoms with Crippen molar-refractivity contribution >= 4 is 16.1 Å². The van der Waals surface area contributed by atoms with Gasteiger partial charge in [-0.15, -0.1) is 0 Å². The van der Waals surface area contributed by atoms with Crippen LogP contribution in [0.4, 0.5) is 0 Å². The van der Waals surface area contributed by atoms with Crippen LogP contribution in [0.25, 0.3) is 4.85 Å². The summed E-state index contributed by atoms with van der Waals surface area (Å²) in [7, 11) is -5.04. The van der Waals surface area contributed by atoms with Crippen LogP contribution in [-0.2, 0) is 32.1 Å². The minimum atomic E-state index is -3.51. The molecule has 3 aliphatic rings. The van der Waals surface area contributed by atoms with Crippen molar-refractivity contribution in [2.24, 2.45) is 0 Å². The van der Waals surface area contributed by atoms with E-state index >= 15 is 0 Å². The highest BCUT2D eigenvalue weighted by Gasteiger charge is 2.46. The second-order valence-electron chi connectivity index (χ2n) is 9.01. The lowest BCUT2D eigenvalue weighted by molar-refractivity contribution is -0.0481. The Morgan fingerprint density at radius 1 is 1.24 bits per heavy atom. The molecule has 0 amide bonds. The van der Waals surface area contributed by atoms with Crippen LogP contribution in [0.2, 0.25) is 0 Å². The molecular formula is C22H40N2O7P2. The number of ether oxygens (including phenoxy) is 2. The fraction of sp³-hybridized carbons (Fsp3) is 0.955. The van der Waals surface area contributed by atoms with E-state index in [4.69, 9.17) is 38.3 Å². The molecule has 3 fully saturated rings. The van der Waals surface area contributed by atoms with Gasteiger partial charge in [-0.1, -0.05) is 0 Å². The van der Waals surface area contributed by atoms with Crippen LogP contribution >= 0.6 is 16.1 Å². The molecule has 0 aromatic heterocycles. The monoisotopic (exact) mass is 511 g/mol. The van der Waals surface area contributed by atoms with E-state index in [9.17, 15) is 4.57 Å². The van der Waals surface area contributed by atoms with Crippen molar-refractivity contribution in [3.05, 3.63) is 11.4 Å². The summed E-state index contributed by atoms with van der Waals surface area (Å²) in [4.78, 5) is 3.37. The molecule has 3 saturated heterocycles. The van der Waals surface area contributed by atoms with Crippen molar-refractivity contribution in [1.82, 2.24) is 4.67 Å². The highest BCUT2D eigenvalue weighted by Crippen LogP contribution is 2.57. The number of rotatable bonds is 11. The molecule has 0 spiro atoms. The third-order valence-corrected chi connectivity index (χ3v) is 9.92. The zero-order valence-corrected chi connectivity index (χ0v) is 21.8. The van der Waals surface area contributed by atoms with E-state index in [2.05, 4.69) is 37.2 Å². The number of hydrogen-bond donors (Lipinski definition) is 0. The van der Waals surface area contributed by atoms with Gasteiger partial charge in [0.2, 0.25) is 6.54 Å². The van der Waals surface area contributed by atoms with Crippen LogP contribution in [0.1, 0.15) is 64.4 Å². The Balaban J connectivity index is 1.72. The molecule has 33 heavy (non-hydrogen) atoms. The summed E-state index contributed by atoms with van der Waals surface area (Å²) >= 11 is 0. The molecule has 3 aliphatic heterocycles. The van der Waals surface area contributed by atoms with Gasteiger partial charge >= 0.3 is 7.60 Å². The fourth-order valence-electron chi connectivity index (χ4n) is 4.25. The van der Waals surface area contributed by atoms with Gasteiger partial charge in [0.05, 0.1) is 33.3 Å². The maximum absolute atomic E-state index is 13.6. The van der Waals surface area contributed by atoms with Crippen LogP contribution < -0.4 is 0 Å². The molecule has 9 nitrogen and oxygen atoms in total. The van der Waals surface area contributed by atoms with Crippen LogP contribution in [-0.4, -0.2) is 79.8 Å². The van der Waals surface area contributed by atoms with Gasteiger partial charge in [-0.05, 0) is 47.4 Å². The summed E-state index contributed by atoms with van der Waals surface area (Å²) in [5.74, 6) is 0. The van der Waals surface area contributed by atoms with Crippen molar-refractivity contribution in [1.29, 1.82) is 0 Å². The van der Waals surface area contributed by atoms with Crippen molar-refractivity contribution in [2.75, 3.05) is 32.5 Å². The van der Waals surface area contributed by atoms with Gasteiger partial charge in [0, 0.05) is 39.5 Å². The fourth-order valence-corrected chi connectivity index (χ4v) is 8.08. The molecule has 11 heteroatoms. The van der Waals surface area contributed by atoms with Crippen LogP contribution in [0.15, 0.2) is 0 Å². The lowest BCUT2D eigenvalue weighted by Crippen LogP contribution is -2.41. The first-order valence-electron chi connectivity index (χ1n) is 13.5. The molecule has 0 bridgehead atoms. The Kier molecular flexibility index (Phi) is 8.97. The number of hydrogen-bond acceptors (Lipinski definition) is 8. The minimum absolute atomic E-state index is 0.0785. The predicted octanol–water partition coefficient (Wildman–Crippen LogP) is 5.01. The lowest BCUT2D eigenvalue weighted by Gasteiger charge is -2.39. The first-order valence-corrected chi connectivity index (χ1v) is 14.5. The van der Waals surface area contributed by atoms with Crippen molar-refractivity contribution < 1.29 is 36.2 Å². The molecule has 0 radical (unpaired) electrons. The van der Waals surface area contributed by atoms with Gasteiger partial charge < -0.3 is 32.4 Å². The maximum Gasteiger partial charge on any atom is 0.331 e. The summed E-state index contributed by atoms with van der Waals surface area (Å²) < 4.78 is 75.1. The minimum Gasteiger partial charge on any atom is -0.376 e. The van der Waals surface area contributed by atoms with Crippen molar-refractivity contribution in [3.8, 4) is 0 Å². The van der Waals surface area contributed by atoms with Crippen molar-refractivity contribution in [2.45, 2.75) is 103 Å². The largest absolute Gasteiger partial charge is 0.376 e. The Hall–Kier alpha value is -0.130. The van der Waals surface area contributed by atoms with Gasteiger partial charge in [-0.3, -0.25) is 4.57 Å². The number of nitrogens with zero attached hydrogens (tertiary/aromatic N) is 2. The van der Waals surface area contributed by atoms with E-state index in [0.29, 0.717) is 19.3 Å². The zero-order valence-electron chi connectivity index (χ0n) is 23.0. The molecular weight excluding hydrogens is 466 g/mol. The maximum atomic E-state index is 13.6. The molecule has 0 aromatic carbocycles. The summed E-state index contributed by atoms with van der Waals surface area (Å²) in [5.41, 5.74) is 0. The van der Waals surface area contributed by atoms with E-state index in [1.807, 2.05) is 0 Å². The van der Waals surface area contributed by atoms with Gasteiger partial charge in [-0.2, -0.15) is 0 Å². The summed E-state index contributed by atoms with van der Waals surface area (Å²) in [5, 5.41) is 0. The first kappa shape index (κ1) is 23.3. The second kappa shape index (κ2) is 12.7. The smallest absolute Gasteiger partial charge is 0.331 e. The molecule has 190 valence electrons. The van der Waals surface area contributed by atoms with Gasteiger partial charge in [-0.25, -0.2) is 11.2 Å². The Labute approximate surface area is 204 Å². The standard InChI is InChI=1S/C22H40N2O7P2/c1-16(2)24(17(3)4)32(28-14-11-23-6)29-20-10-13-27-22(20)21-8-7-15-33(25,31-21)30-19-9-12-26-18(19)5/h16-22H,7-15H2,1-5H3/t18-,19+,20+,21-,22+,32?,33-/m1/s1/i5D,12T,13T/t12-,13-,18+,19-,20-,21+,22-,32?,33+/m0. The van der Waals surface area contributed by atoms with Gasteiger partial charge in [0.25, 0.3) is 8.53 Å². The second-order valence-corrected chi connectivity index (χ2v) is 12.5. The van der Waals surface area contributed by atoms with Crippen LogP contribution in [0.3, 0.4) is 0 Å². The highest BCUT2D eigenvalue weighted by atomic mass is 31.2. The van der Waals surface area contributed by atoms with Crippen molar-refractivity contribution in [3.63, 3.8) is 0 Å². The average molecular weight is 512 g/mol. The Morgan fingerprint density at radius 2 is 1.97 bits per heavy atom. The van der Waals surface area contributed by atoms with E-state index in [1.54, 1.807) is 0 Å². The van der Waals surface area contributed by atoms with E-state index < -0.39 is 59.8 Å². The quantitative estimate of drug-likeness (QED) is 0.218. The molecule has 3 heterocycles. The molecule has 1 unspecified atom stereocenters. The van der Waals surface area contributed by atoms with E-state index in [1.165, 1.54) is 0 Å². The third kappa shape index (κ3) is 7.43. The van der Waals surface area contributed by atoms with E-state index in [-0.39, 0.29) is 44.7 Å². The summed E-state index contributed by atoms with van der Waals surface area (Å²) in [6.45, 7) is 14.1. The lowest BCUT2D eigenvalue weighted by atomic mass is 10.0. The first-order chi connectivity index (χ1) is 17.1. The molecule has 0 N–H and O–H groups in total. The van der Waals surface area contributed by atoms with Crippen LogP contribution in [0, 0.1) is 6.57 Å². The zero-order chi connectivity index (χ0) is 26.5. The van der Waals surface area contributed by atoms with Crippen LogP contribution in [0.5, 0.6) is 0 Å². The molecule has 0 saturated carbocycles. The van der Waals surface area contributed by atoms with Gasteiger partial charge in [0.1, 0.15) is 12.7 Å². The van der Waals surface area contributed by atoms with E-state index in [0.717, 1.165) is 0 Å². The predicted molar refractivity (Wildman–Crippen MR) is 127 cm³/mol.